The first kappa shape index (κ1) is 56.3. The van der Waals surface area contributed by atoms with Crippen molar-refractivity contribution in [3.8, 4) is 0 Å². The Kier molecular flexibility index (Phi) is 38.2. The van der Waals surface area contributed by atoms with Crippen molar-refractivity contribution < 1.29 is 24.0 Å². The Bertz CT molecular complexity index is 1150. The number of aromatic amines is 1. The Balaban J connectivity index is 2.40. The molecule has 1 aromatic heterocycles. The van der Waals surface area contributed by atoms with Crippen molar-refractivity contribution in [2.24, 2.45) is 0 Å². The SMILES string of the molecule is CCCCCCCCC(CC)OC(=O)CCCCCCCN(CCCCCCCC(=O)OC(CCCCCCCC)CCCCCCCC)CCCNc1cc([N+](=O)[O-])[nH]n1. The van der Waals surface area contributed by atoms with Crippen molar-refractivity contribution in [2.45, 2.75) is 265 Å². The topological polar surface area (TPSA) is 140 Å². The zero-order valence-electron chi connectivity index (χ0n) is 40.1. The molecule has 0 aliphatic carbocycles. The maximum absolute atomic E-state index is 12.9. The number of unbranched alkanes of at least 4 members (excludes halogenated alkanes) is 23. The van der Waals surface area contributed by atoms with Crippen molar-refractivity contribution in [3.05, 3.63) is 16.2 Å². The molecule has 2 N–H and O–H groups in total. The van der Waals surface area contributed by atoms with Gasteiger partial charge in [0.2, 0.25) is 0 Å². The minimum absolute atomic E-state index is 0.00457. The van der Waals surface area contributed by atoms with E-state index in [-0.39, 0.29) is 30.0 Å². The van der Waals surface area contributed by atoms with Gasteiger partial charge in [-0.05, 0) is 102 Å². The molecular weight excluding hydrogens is 767 g/mol. The van der Waals surface area contributed by atoms with Crippen LogP contribution < -0.4 is 5.32 Å². The molecule has 0 saturated heterocycles. The Morgan fingerprint density at radius 1 is 0.590 bits per heavy atom. The largest absolute Gasteiger partial charge is 0.462 e. The van der Waals surface area contributed by atoms with Crippen molar-refractivity contribution >= 4 is 23.6 Å². The number of carbonyl (C=O) groups is 2. The summed E-state index contributed by atoms with van der Waals surface area (Å²) in [6, 6.07) is 1.43. The lowest BCUT2D eigenvalue weighted by atomic mass is 10.0. The number of hydrogen-bond acceptors (Lipinski definition) is 9. The van der Waals surface area contributed by atoms with Gasteiger partial charge in [0, 0.05) is 19.4 Å². The van der Waals surface area contributed by atoms with Gasteiger partial charge in [0.05, 0.1) is 6.07 Å². The highest BCUT2D eigenvalue weighted by Gasteiger charge is 2.15. The Labute approximate surface area is 373 Å². The lowest BCUT2D eigenvalue weighted by Gasteiger charge is -2.22. The third-order valence-corrected chi connectivity index (χ3v) is 12.1. The van der Waals surface area contributed by atoms with Gasteiger partial charge in [-0.1, -0.05) is 168 Å². The highest BCUT2D eigenvalue weighted by atomic mass is 16.6. The summed E-state index contributed by atoms with van der Waals surface area (Å²) in [4.78, 5) is 38.4. The quantitative estimate of drug-likeness (QED) is 0.0284. The molecule has 0 amide bonds. The second-order valence-electron chi connectivity index (χ2n) is 17.9. The van der Waals surface area contributed by atoms with E-state index in [9.17, 15) is 19.7 Å². The summed E-state index contributed by atoms with van der Waals surface area (Å²) >= 11 is 0. The van der Waals surface area contributed by atoms with E-state index in [0.29, 0.717) is 25.2 Å². The second-order valence-corrected chi connectivity index (χ2v) is 17.9. The van der Waals surface area contributed by atoms with Crippen LogP contribution in [0, 0.1) is 10.1 Å². The fourth-order valence-electron chi connectivity index (χ4n) is 8.18. The number of anilines is 1. The van der Waals surface area contributed by atoms with Crippen LogP contribution in [-0.4, -0.2) is 70.3 Å². The number of nitro groups is 1. The maximum Gasteiger partial charge on any atom is 0.344 e. The number of hydrogen-bond donors (Lipinski definition) is 2. The normalized spacial score (nSPS) is 12.0. The first-order chi connectivity index (χ1) is 29.8. The summed E-state index contributed by atoms with van der Waals surface area (Å²) in [6.45, 7) is 12.6. The highest BCUT2D eigenvalue weighted by Crippen LogP contribution is 2.19. The summed E-state index contributed by atoms with van der Waals surface area (Å²) in [5.74, 6) is 0.353. The van der Waals surface area contributed by atoms with E-state index in [1.807, 2.05) is 0 Å². The summed E-state index contributed by atoms with van der Waals surface area (Å²) in [6.07, 6.45) is 39.5. The molecule has 11 nitrogen and oxygen atoms in total. The molecular formula is C50H95N5O6. The van der Waals surface area contributed by atoms with E-state index in [1.165, 1.54) is 102 Å². The molecule has 356 valence electrons. The predicted molar refractivity (Wildman–Crippen MR) is 254 cm³/mol. The number of H-pyrrole nitrogens is 1. The van der Waals surface area contributed by atoms with Crippen molar-refractivity contribution in [3.63, 3.8) is 0 Å². The monoisotopic (exact) mass is 862 g/mol. The summed E-state index contributed by atoms with van der Waals surface area (Å²) in [7, 11) is 0. The van der Waals surface area contributed by atoms with Crippen LogP contribution in [-0.2, 0) is 19.1 Å². The molecule has 1 aromatic rings. The molecule has 61 heavy (non-hydrogen) atoms. The molecule has 0 spiro atoms. The van der Waals surface area contributed by atoms with Gasteiger partial charge in [-0.3, -0.25) is 9.59 Å². The fraction of sp³-hybridized carbons (Fsp3) is 0.900. The minimum Gasteiger partial charge on any atom is -0.462 e. The average molecular weight is 862 g/mol. The standard InChI is InChI=1S/C50H95N5O6/c1-5-9-12-15-20-27-35-45(8-4)60-49(56)38-30-23-18-25-32-41-54(43-34-40-51-47-44-48(53-52-47)55(58)59)42-33-26-19-24-31-39-50(57)61-46(36-28-21-16-13-10-6-2)37-29-22-17-14-11-7-3/h44-46H,5-43H2,1-4H3,(H2,51,52,53). The summed E-state index contributed by atoms with van der Waals surface area (Å²) in [5, 5.41) is 20.7. The first-order valence-corrected chi connectivity index (χ1v) is 25.9. The zero-order chi connectivity index (χ0) is 44.4. The Morgan fingerprint density at radius 2 is 0.984 bits per heavy atom. The van der Waals surface area contributed by atoms with Crippen LogP contribution in [0.25, 0.3) is 0 Å². The van der Waals surface area contributed by atoms with E-state index >= 15 is 0 Å². The van der Waals surface area contributed by atoms with Gasteiger partial charge in [0.15, 0.2) is 5.82 Å². The van der Waals surface area contributed by atoms with Crippen LogP contribution in [0.5, 0.6) is 0 Å². The first-order valence-electron chi connectivity index (χ1n) is 25.9. The van der Waals surface area contributed by atoms with Crippen LogP contribution in [0.3, 0.4) is 0 Å². The van der Waals surface area contributed by atoms with Crippen LogP contribution >= 0.6 is 0 Å². The van der Waals surface area contributed by atoms with E-state index in [1.54, 1.807) is 0 Å². The lowest BCUT2D eigenvalue weighted by molar-refractivity contribution is -0.389. The number of ether oxygens (including phenoxy) is 2. The third-order valence-electron chi connectivity index (χ3n) is 12.1. The molecule has 11 heteroatoms. The van der Waals surface area contributed by atoms with Crippen molar-refractivity contribution in [2.75, 3.05) is 31.5 Å². The van der Waals surface area contributed by atoms with E-state index in [2.05, 4.69) is 48.1 Å². The Hall–Kier alpha value is -2.69. The van der Waals surface area contributed by atoms with Gasteiger partial charge < -0.3 is 29.8 Å². The number of nitrogens with zero attached hydrogens (tertiary/aromatic N) is 3. The molecule has 0 saturated carbocycles. The van der Waals surface area contributed by atoms with Gasteiger partial charge >= 0.3 is 17.8 Å². The molecule has 0 aromatic carbocycles. The minimum atomic E-state index is -0.470. The number of nitrogens with one attached hydrogen (secondary N) is 2. The smallest absolute Gasteiger partial charge is 0.344 e. The molecule has 0 radical (unpaired) electrons. The van der Waals surface area contributed by atoms with Crippen LogP contribution in [0.1, 0.15) is 252 Å². The van der Waals surface area contributed by atoms with Gasteiger partial charge in [0.25, 0.3) is 0 Å². The van der Waals surface area contributed by atoms with Gasteiger partial charge in [-0.25, -0.2) is 0 Å². The van der Waals surface area contributed by atoms with Crippen LogP contribution in [0.4, 0.5) is 11.6 Å². The fourth-order valence-corrected chi connectivity index (χ4v) is 8.18. The zero-order valence-corrected chi connectivity index (χ0v) is 40.1. The third kappa shape index (κ3) is 34.5. The number of aromatic nitrogens is 2. The van der Waals surface area contributed by atoms with Gasteiger partial charge in [-0.2, -0.15) is 0 Å². The molecule has 0 aliphatic heterocycles. The van der Waals surface area contributed by atoms with Gasteiger partial charge in [0.1, 0.15) is 12.2 Å². The van der Waals surface area contributed by atoms with Crippen molar-refractivity contribution in [1.29, 1.82) is 0 Å². The highest BCUT2D eigenvalue weighted by molar-refractivity contribution is 5.69. The molecule has 1 rings (SSSR count). The molecule has 1 heterocycles. The maximum atomic E-state index is 12.9. The van der Waals surface area contributed by atoms with E-state index in [4.69, 9.17) is 9.47 Å². The van der Waals surface area contributed by atoms with Crippen molar-refractivity contribution in [1.82, 2.24) is 15.1 Å². The van der Waals surface area contributed by atoms with Gasteiger partial charge in [-0.15, -0.1) is 5.10 Å². The molecule has 1 atom stereocenters. The number of esters is 2. The summed E-state index contributed by atoms with van der Waals surface area (Å²) < 4.78 is 11.9. The Morgan fingerprint density at radius 3 is 1.43 bits per heavy atom. The molecule has 0 fully saturated rings. The average Bonchev–Trinajstić information content (AvgIpc) is 3.74. The van der Waals surface area contributed by atoms with Crippen LogP contribution in [0.2, 0.25) is 0 Å². The van der Waals surface area contributed by atoms with E-state index in [0.717, 1.165) is 135 Å². The molecule has 0 bridgehead atoms. The molecule has 0 aliphatic rings. The number of rotatable bonds is 46. The predicted octanol–water partition coefficient (Wildman–Crippen LogP) is 14.6. The second kappa shape index (κ2) is 41.3. The van der Waals surface area contributed by atoms with E-state index < -0.39 is 4.92 Å². The van der Waals surface area contributed by atoms with Crippen LogP contribution in [0.15, 0.2) is 6.07 Å². The molecule has 1 unspecified atom stereocenters. The number of carbonyl (C=O) groups excluding carboxylic acids is 2. The lowest BCUT2D eigenvalue weighted by Crippen LogP contribution is -2.28. The summed E-state index contributed by atoms with van der Waals surface area (Å²) in [5.41, 5.74) is 0.